The van der Waals surface area contributed by atoms with Gasteiger partial charge in [0.2, 0.25) is 0 Å². The number of amides is 1. The third kappa shape index (κ3) is 4.33. The molecular weight excluding hydrogens is 503 g/mol. The van der Waals surface area contributed by atoms with Crippen LogP contribution < -0.4 is 10.6 Å². The van der Waals surface area contributed by atoms with Gasteiger partial charge in [0.15, 0.2) is 11.7 Å². The number of aromatic nitrogens is 2. The van der Waals surface area contributed by atoms with Crippen molar-refractivity contribution in [1.29, 1.82) is 0 Å². The molecule has 3 N–H and O–H groups in total. The van der Waals surface area contributed by atoms with E-state index in [2.05, 4.69) is 9.97 Å². The van der Waals surface area contributed by atoms with Crippen molar-refractivity contribution >= 4 is 40.3 Å². The Balaban J connectivity index is 1.42. The first-order valence-electron chi connectivity index (χ1n) is 11.3. The van der Waals surface area contributed by atoms with Crippen LogP contribution in [0.2, 0.25) is 5.02 Å². The van der Waals surface area contributed by atoms with Gasteiger partial charge in [-0.1, -0.05) is 11.6 Å². The van der Waals surface area contributed by atoms with Gasteiger partial charge < -0.3 is 29.8 Å². The summed E-state index contributed by atoms with van der Waals surface area (Å²) in [6.07, 6.45) is -2.86. The maximum absolute atomic E-state index is 13.6. The van der Waals surface area contributed by atoms with Crippen LogP contribution in [0.4, 0.5) is 24.9 Å². The number of oxazole rings is 1. The molecule has 0 bridgehead atoms. The number of carbonyl (C=O) groups excluding carboxylic acids is 1. The van der Waals surface area contributed by atoms with Gasteiger partial charge in [0, 0.05) is 18.1 Å². The standard InChI is InChI=1S/C23H23ClF3N5O4/c1-11-19-12(4-13(5-15(19)24)23(25,26)27)2-3-32(11)21(34)18-9-31(8-14(10-33)35-18)17-7-29-6-16-20(17)36-22(28)30-16/h4-7,11,14,18,33H,2-3,8-10H2,1H3,(H2,28,30)/t11-,14-,18+/m0/s1. The number of pyridine rings is 1. The summed E-state index contributed by atoms with van der Waals surface area (Å²) < 4.78 is 51.1. The van der Waals surface area contributed by atoms with Crippen LogP contribution in [0.25, 0.3) is 11.1 Å². The van der Waals surface area contributed by atoms with E-state index < -0.39 is 30.0 Å². The van der Waals surface area contributed by atoms with Crippen LogP contribution in [-0.4, -0.2) is 64.3 Å². The second-order valence-corrected chi connectivity index (χ2v) is 9.29. The Hall–Kier alpha value is -3.09. The van der Waals surface area contributed by atoms with Crippen molar-refractivity contribution in [3.8, 4) is 0 Å². The first kappa shape index (κ1) is 24.6. The molecule has 5 rings (SSSR count). The minimum absolute atomic E-state index is 0.0230. The molecule has 0 saturated carbocycles. The molecule has 1 saturated heterocycles. The summed E-state index contributed by atoms with van der Waals surface area (Å²) in [6.45, 7) is 2.00. The minimum Gasteiger partial charge on any atom is -0.421 e. The number of hydrogen-bond donors (Lipinski definition) is 2. The topological polar surface area (TPSA) is 118 Å². The van der Waals surface area contributed by atoms with Crippen molar-refractivity contribution in [2.45, 2.75) is 37.8 Å². The molecule has 0 spiro atoms. The molecule has 13 heteroatoms. The predicted molar refractivity (Wildman–Crippen MR) is 124 cm³/mol. The number of alkyl halides is 3. The molecule has 2 aromatic heterocycles. The van der Waals surface area contributed by atoms with Crippen molar-refractivity contribution in [3.63, 3.8) is 0 Å². The van der Waals surface area contributed by atoms with E-state index in [0.29, 0.717) is 27.9 Å². The van der Waals surface area contributed by atoms with E-state index in [-0.39, 0.29) is 49.6 Å². The second kappa shape index (κ2) is 9.09. The first-order valence-corrected chi connectivity index (χ1v) is 11.7. The number of aliphatic hydroxyl groups excluding tert-OH is 1. The zero-order valence-corrected chi connectivity index (χ0v) is 19.9. The summed E-state index contributed by atoms with van der Waals surface area (Å²) in [4.78, 5) is 25.2. The molecule has 2 aliphatic heterocycles. The SMILES string of the molecule is C[C@H]1c2c(Cl)cc(C(F)(F)F)cc2CCN1C(=O)[C@H]1CN(c2cncc3nc(N)oc23)C[C@@H](CO)O1. The number of morpholine rings is 1. The summed E-state index contributed by atoms with van der Waals surface area (Å²) in [5.74, 6) is -0.357. The maximum atomic E-state index is 13.6. The van der Waals surface area contributed by atoms with Crippen LogP contribution in [0.5, 0.6) is 0 Å². The average molecular weight is 526 g/mol. The lowest BCUT2D eigenvalue weighted by atomic mass is 9.91. The molecule has 3 aromatic rings. The number of nitrogen functional groups attached to an aromatic ring is 1. The Morgan fingerprint density at radius 3 is 2.81 bits per heavy atom. The van der Waals surface area contributed by atoms with E-state index >= 15 is 0 Å². The summed E-state index contributed by atoms with van der Waals surface area (Å²) in [6, 6.07) is 1.39. The fourth-order valence-corrected chi connectivity index (χ4v) is 5.34. The average Bonchev–Trinajstić information content (AvgIpc) is 3.22. The number of benzene rings is 1. The highest BCUT2D eigenvalue weighted by Crippen LogP contribution is 2.40. The quantitative estimate of drug-likeness (QED) is 0.535. The maximum Gasteiger partial charge on any atom is 0.416 e. The highest BCUT2D eigenvalue weighted by Gasteiger charge is 2.40. The molecule has 1 aromatic carbocycles. The van der Waals surface area contributed by atoms with Gasteiger partial charge in [-0.3, -0.25) is 9.78 Å². The second-order valence-electron chi connectivity index (χ2n) is 8.88. The number of nitrogens with zero attached hydrogens (tertiary/aromatic N) is 4. The fraction of sp³-hybridized carbons (Fsp3) is 0.435. The third-order valence-electron chi connectivity index (χ3n) is 6.62. The van der Waals surface area contributed by atoms with E-state index in [1.54, 1.807) is 18.0 Å². The van der Waals surface area contributed by atoms with E-state index in [1.165, 1.54) is 6.20 Å². The van der Waals surface area contributed by atoms with Crippen LogP contribution in [0.3, 0.4) is 0 Å². The van der Waals surface area contributed by atoms with E-state index in [9.17, 15) is 23.1 Å². The van der Waals surface area contributed by atoms with E-state index in [0.717, 1.165) is 12.1 Å². The van der Waals surface area contributed by atoms with Crippen molar-refractivity contribution < 1.29 is 32.2 Å². The van der Waals surface area contributed by atoms with Crippen LogP contribution in [0.1, 0.15) is 29.7 Å². The lowest BCUT2D eigenvalue weighted by molar-refractivity contribution is -0.153. The van der Waals surface area contributed by atoms with Gasteiger partial charge in [-0.25, -0.2) is 0 Å². The number of rotatable bonds is 3. The van der Waals surface area contributed by atoms with Gasteiger partial charge in [0.05, 0.1) is 43.3 Å². The number of hydrogen-bond acceptors (Lipinski definition) is 8. The summed E-state index contributed by atoms with van der Waals surface area (Å²) in [7, 11) is 0. The number of fused-ring (bicyclic) bond motifs is 2. The van der Waals surface area contributed by atoms with E-state index in [1.807, 2.05) is 4.90 Å². The van der Waals surface area contributed by atoms with Crippen molar-refractivity contribution in [3.05, 3.63) is 46.2 Å². The highest BCUT2D eigenvalue weighted by molar-refractivity contribution is 6.31. The normalized spacial score (nSPS) is 22.7. The van der Waals surface area contributed by atoms with Gasteiger partial charge in [0.25, 0.3) is 11.9 Å². The Kier molecular flexibility index (Phi) is 6.21. The number of anilines is 2. The zero-order chi connectivity index (χ0) is 25.8. The third-order valence-corrected chi connectivity index (χ3v) is 6.93. The monoisotopic (exact) mass is 525 g/mol. The molecule has 1 amide bonds. The lowest BCUT2D eigenvalue weighted by Gasteiger charge is -2.42. The Morgan fingerprint density at radius 2 is 2.08 bits per heavy atom. The molecule has 3 atom stereocenters. The number of ether oxygens (including phenoxy) is 1. The molecule has 1 fully saturated rings. The molecule has 4 heterocycles. The fourth-order valence-electron chi connectivity index (χ4n) is 4.94. The number of halogens is 4. The van der Waals surface area contributed by atoms with Crippen LogP contribution in [0, 0.1) is 0 Å². The molecular formula is C23H23ClF3N5O4. The largest absolute Gasteiger partial charge is 0.421 e. The number of nitrogens with two attached hydrogens (primary N) is 1. The van der Waals surface area contributed by atoms with E-state index in [4.69, 9.17) is 26.5 Å². The highest BCUT2D eigenvalue weighted by atomic mass is 35.5. The van der Waals surface area contributed by atoms with Crippen LogP contribution >= 0.6 is 11.6 Å². The van der Waals surface area contributed by atoms with Crippen LogP contribution in [0.15, 0.2) is 28.9 Å². The smallest absolute Gasteiger partial charge is 0.416 e. The molecule has 192 valence electrons. The lowest BCUT2D eigenvalue weighted by Crippen LogP contribution is -2.56. The number of carbonyl (C=O) groups is 1. The molecule has 2 aliphatic rings. The van der Waals surface area contributed by atoms with Gasteiger partial charge >= 0.3 is 6.18 Å². The predicted octanol–water partition coefficient (Wildman–Crippen LogP) is 3.19. The Labute approximate surface area is 208 Å². The Bertz CT molecular complexity index is 1320. The molecule has 0 radical (unpaired) electrons. The summed E-state index contributed by atoms with van der Waals surface area (Å²) in [5.41, 5.74) is 7.24. The van der Waals surface area contributed by atoms with Gasteiger partial charge in [-0.2, -0.15) is 18.2 Å². The molecule has 9 nitrogen and oxygen atoms in total. The Morgan fingerprint density at radius 1 is 1.31 bits per heavy atom. The van der Waals surface area contributed by atoms with Gasteiger partial charge in [0.1, 0.15) is 11.2 Å². The molecule has 0 aliphatic carbocycles. The molecule has 36 heavy (non-hydrogen) atoms. The summed E-state index contributed by atoms with van der Waals surface area (Å²) >= 11 is 6.27. The summed E-state index contributed by atoms with van der Waals surface area (Å²) in [5, 5.41) is 9.80. The van der Waals surface area contributed by atoms with Gasteiger partial charge in [-0.15, -0.1) is 0 Å². The zero-order valence-electron chi connectivity index (χ0n) is 19.1. The van der Waals surface area contributed by atoms with Crippen molar-refractivity contribution in [1.82, 2.24) is 14.9 Å². The van der Waals surface area contributed by atoms with Gasteiger partial charge in [-0.05, 0) is 36.6 Å². The first-order chi connectivity index (χ1) is 17.1. The minimum atomic E-state index is -4.51. The number of aliphatic hydroxyl groups is 1. The van der Waals surface area contributed by atoms with Crippen LogP contribution in [-0.2, 0) is 22.1 Å². The van der Waals surface area contributed by atoms with Crippen molar-refractivity contribution in [2.75, 3.05) is 36.9 Å². The molecule has 0 unspecified atom stereocenters. The van der Waals surface area contributed by atoms with Crippen molar-refractivity contribution in [2.24, 2.45) is 0 Å².